The van der Waals surface area contributed by atoms with Crippen molar-refractivity contribution in [2.45, 2.75) is 13.0 Å². The lowest BCUT2D eigenvalue weighted by molar-refractivity contribution is -0.123. The van der Waals surface area contributed by atoms with Crippen molar-refractivity contribution in [3.05, 3.63) is 75.5 Å². The Morgan fingerprint density at radius 1 is 0.886 bits per heavy atom. The van der Waals surface area contributed by atoms with Gasteiger partial charge in [-0.15, -0.1) is 0 Å². The highest BCUT2D eigenvalue weighted by Crippen LogP contribution is 2.41. The third-order valence-corrected chi connectivity index (χ3v) is 5.76. The van der Waals surface area contributed by atoms with Crippen molar-refractivity contribution in [2.75, 3.05) is 27.9 Å². The first-order valence-corrected chi connectivity index (χ1v) is 11.2. The number of rotatable bonds is 11. The number of carbonyl (C=O) groups is 2. The normalized spacial score (nSPS) is 10.4. The van der Waals surface area contributed by atoms with E-state index in [1.54, 1.807) is 19.2 Å². The van der Waals surface area contributed by atoms with Gasteiger partial charge in [0.15, 0.2) is 23.9 Å². The van der Waals surface area contributed by atoms with Crippen molar-refractivity contribution in [3.8, 4) is 23.0 Å². The quantitative estimate of drug-likeness (QED) is 0.372. The number of benzene rings is 2. The molecule has 0 aliphatic carbocycles. The standard InChI is InChI=1S/C25H24Cl2N2O6/c1-32-21-7-5-4-6-15(21)11-29-23(31)14-35-24-16(8-9-22(33-2)25(24)34-3)20(30)10-17-18(26)12-28-13-19(17)27/h4-9,12-13H,10-11,14H2,1-3H3,(H,29,31). The van der Waals surface area contributed by atoms with Crippen LogP contribution in [0.1, 0.15) is 21.5 Å². The maximum absolute atomic E-state index is 13.2. The second kappa shape index (κ2) is 12.3. The summed E-state index contributed by atoms with van der Waals surface area (Å²) >= 11 is 12.4. The second-order valence-electron chi connectivity index (χ2n) is 7.24. The van der Waals surface area contributed by atoms with Gasteiger partial charge in [-0.05, 0) is 18.2 Å². The van der Waals surface area contributed by atoms with Crippen molar-refractivity contribution in [3.63, 3.8) is 0 Å². The van der Waals surface area contributed by atoms with E-state index in [1.807, 2.05) is 18.2 Å². The molecule has 2 aromatic carbocycles. The minimum Gasteiger partial charge on any atom is -0.496 e. The van der Waals surface area contributed by atoms with Crippen molar-refractivity contribution in [2.24, 2.45) is 0 Å². The number of amides is 1. The molecule has 0 saturated carbocycles. The largest absolute Gasteiger partial charge is 0.496 e. The maximum Gasteiger partial charge on any atom is 0.258 e. The number of para-hydroxylation sites is 1. The Kier molecular flexibility index (Phi) is 9.17. The Hall–Kier alpha value is -3.49. The molecule has 0 bridgehead atoms. The van der Waals surface area contributed by atoms with Gasteiger partial charge >= 0.3 is 0 Å². The summed E-state index contributed by atoms with van der Waals surface area (Å²) in [6.45, 7) is -0.123. The van der Waals surface area contributed by atoms with Crippen molar-refractivity contribution >= 4 is 34.9 Å². The molecule has 8 nitrogen and oxygen atoms in total. The monoisotopic (exact) mass is 518 g/mol. The number of halogens is 2. The van der Waals surface area contributed by atoms with Crippen LogP contribution in [-0.4, -0.2) is 44.6 Å². The average Bonchev–Trinajstić information content (AvgIpc) is 2.87. The van der Waals surface area contributed by atoms with E-state index >= 15 is 0 Å². The summed E-state index contributed by atoms with van der Waals surface area (Å²) < 4.78 is 21.8. The van der Waals surface area contributed by atoms with Gasteiger partial charge in [-0.3, -0.25) is 14.6 Å². The van der Waals surface area contributed by atoms with Crippen LogP contribution >= 0.6 is 23.2 Å². The molecule has 0 aliphatic heterocycles. The highest BCUT2D eigenvalue weighted by atomic mass is 35.5. The van der Waals surface area contributed by atoms with E-state index in [-0.39, 0.29) is 52.5 Å². The molecule has 35 heavy (non-hydrogen) atoms. The second-order valence-corrected chi connectivity index (χ2v) is 8.05. The van der Waals surface area contributed by atoms with E-state index in [1.165, 1.54) is 32.7 Å². The molecule has 0 saturated heterocycles. The number of hydrogen-bond donors (Lipinski definition) is 1. The fraction of sp³-hybridized carbons (Fsp3) is 0.240. The highest BCUT2D eigenvalue weighted by Gasteiger charge is 2.23. The number of pyridine rings is 1. The fourth-order valence-electron chi connectivity index (χ4n) is 3.36. The van der Waals surface area contributed by atoms with Gasteiger partial charge in [-0.2, -0.15) is 0 Å². The third-order valence-electron chi connectivity index (χ3n) is 5.11. The van der Waals surface area contributed by atoms with E-state index < -0.39 is 5.91 Å². The highest BCUT2D eigenvalue weighted by molar-refractivity contribution is 6.36. The molecule has 0 fully saturated rings. The maximum atomic E-state index is 13.2. The van der Waals surface area contributed by atoms with Gasteiger partial charge in [0.2, 0.25) is 5.75 Å². The Morgan fingerprint density at radius 2 is 1.57 bits per heavy atom. The summed E-state index contributed by atoms with van der Waals surface area (Å²) in [6.07, 6.45) is 2.72. The molecule has 0 atom stereocenters. The first-order valence-electron chi connectivity index (χ1n) is 10.5. The molecule has 1 heterocycles. The van der Waals surface area contributed by atoms with Gasteiger partial charge in [0.1, 0.15) is 5.75 Å². The van der Waals surface area contributed by atoms with Crippen LogP contribution < -0.4 is 24.3 Å². The minimum absolute atomic E-state index is 0.0746. The Morgan fingerprint density at radius 3 is 2.23 bits per heavy atom. The minimum atomic E-state index is -0.403. The van der Waals surface area contributed by atoms with Crippen LogP contribution in [0.5, 0.6) is 23.0 Å². The zero-order valence-corrected chi connectivity index (χ0v) is 20.9. The summed E-state index contributed by atoms with van der Waals surface area (Å²) in [5, 5.41) is 3.31. The Labute approximate surface area is 213 Å². The smallest absolute Gasteiger partial charge is 0.258 e. The van der Waals surface area contributed by atoms with E-state index in [2.05, 4.69) is 10.3 Å². The zero-order chi connectivity index (χ0) is 25.4. The fourth-order valence-corrected chi connectivity index (χ4v) is 3.85. The van der Waals surface area contributed by atoms with Gasteiger partial charge in [-0.1, -0.05) is 41.4 Å². The summed E-state index contributed by atoms with van der Waals surface area (Å²) in [4.78, 5) is 29.6. The predicted molar refractivity (Wildman–Crippen MR) is 132 cm³/mol. The van der Waals surface area contributed by atoms with Crippen LogP contribution in [0.15, 0.2) is 48.8 Å². The topological polar surface area (TPSA) is 96.0 Å². The first kappa shape index (κ1) is 26.1. The van der Waals surface area contributed by atoms with Crippen molar-refractivity contribution in [1.29, 1.82) is 0 Å². The molecule has 1 aromatic heterocycles. The molecule has 3 aromatic rings. The molecule has 10 heteroatoms. The van der Waals surface area contributed by atoms with E-state index in [4.69, 9.17) is 42.1 Å². The van der Waals surface area contributed by atoms with Crippen LogP contribution in [-0.2, 0) is 17.8 Å². The Bertz CT molecular complexity index is 1200. The lowest BCUT2D eigenvalue weighted by Gasteiger charge is -2.17. The van der Waals surface area contributed by atoms with Crippen LogP contribution in [0.4, 0.5) is 0 Å². The molecule has 0 spiro atoms. The van der Waals surface area contributed by atoms with E-state index in [0.29, 0.717) is 17.1 Å². The van der Waals surface area contributed by atoms with E-state index in [0.717, 1.165) is 5.56 Å². The summed E-state index contributed by atoms with van der Waals surface area (Å²) in [5.41, 5.74) is 1.43. The number of methoxy groups -OCH3 is 3. The molecule has 0 unspecified atom stereocenters. The van der Waals surface area contributed by atoms with Gasteiger partial charge < -0.3 is 24.3 Å². The summed E-state index contributed by atoms with van der Waals surface area (Å²) in [6, 6.07) is 10.5. The first-order chi connectivity index (χ1) is 16.9. The van der Waals surface area contributed by atoms with Crippen molar-refractivity contribution in [1.82, 2.24) is 10.3 Å². The summed E-state index contributed by atoms with van der Waals surface area (Å²) in [5.74, 6) is 0.510. The van der Waals surface area contributed by atoms with Crippen LogP contribution in [0, 0.1) is 0 Å². The number of nitrogens with one attached hydrogen (secondary N) is 1. The number of hydrogen-bond acceptors (Lipinski definition) is 7. The molecular formula is C25H24Cl2N2O6. The predicted octanol–water partition coefficient (Wildman–Crippen LogP) is 4.53. The number of Topliss-reactive ketones (excluding diaryl/α,β-unsaturated/α-hetero) is 1. The van der Waals surface area contributed by atoms with Crippen molar-refractivity contribution < 1.29 is 28.5 Å². The van der Waals surface area contributed by atoms with Gasteiger partial charge in [0.25, 0.3) is 5.91 Å². The number of ketones is 1. The van der Waals surface area contributed by atoms with Crippen LogP contribution in [0.25, 0.3) is 0 Å². The van der Waals surface area contributed by atoms with Gasteiger partial charge in [0, 0.05) is 36.5 Å². The SMILES string of the molecule is COc1ccccc1CNC(=O)COc1c(C(=O)Cc2c(Cl)cncc2Cl)ccc(OC)c1OC. The molecule has 0 aliphatic rings. The molecule has 184 valence electrons. The molecule has 1 amide bonds. The number of carbonyl (C=O) groups excluding carboxylic acids is 2. The number of nitrogens with zero attached hydrogens (tertiary/aromatic N) is 1. The molecule has 1 N–H and O–H groups in total. The zero-order valence-electron chi connectivity index (χ0n) is 19.4. The van der Waals surface area contributed by atoms with Crippen LogP contribution in [0.2, 0.25) is 10.0 Å². The van der Waals surface area contributed by atoms with Crippen LogP contribution in [0.3, 0.4) is 0 Å². The lowest BCUT2D eigenvalue weighted by Crippen LogP contribution is -2.29. The average molecular weight is 519 g/mol. The van der Waals surface area contributed by atoms with E-state index in [9.17, 15) is 9.59 Å². The Balaban J connectivity index is 1.80. The number of ether oxygens (including phenoxy) is 4. The summed E-state index contributed by atoms with van der Waals surface area (Å²) in [7, 11) is 4.43. The molecular weight excluding hydrogens is 495 g/mol. The third kappa shape index (κ3) is 6.35. The lowest BCUT2D eigenvalue weighted by atomic mass is 10.0. The molecule has 3 rings (SSSR count). The molecule has 0 radical (unpaired) electrons. The van der Waals surface area contributed by atoms with Gasteiger partial charge in [0.05, 0.1) is 36.9 Å². The van der Waals surface area contributed by atoms with Gasteiger partial charge in [-0.25, -0.2) is 0 Å². The number of aromatic nitrogens is 1.